The smallest absolute Gasteiger partial charge is 0.257 e. The highest BCUT2D eigenvalue weighted by Gasteiger charge is 2.11. The highest BCUT2D eigenvalue weighted by molar-refractivity contribution is 6.10. The zero-order valence-electron chi connectivity index (χ0n) is 18.1. The van der Waals surface area contributed by atoms with Crippen LogP contribution in [0.2, 0.25) is 0 Å². The van der Waals surface area contributed by atoms with Gasteiger partial charge < -0.3 is 10.1 Å². The zero-order valence-corrected chi connectivity index (χ0v) is 18.1. The van der Waals surface area contributed by atoms with Gasteiger partial charge in [0.1, 0.15) is 5.75 Å². The molecule has 0 atom stereocenters. The zero-order chi connectivity index (χ0) is 22.1. The van der Waals surface area contributed by atoms with E-state index in [-0.39, 0.29) is 5.91 Å². The molecule has 6 nitrogen and oxygen atoms in total. The molecule has 0 aliphatic rings. The minimum Gasteiger partial charge on any atom is -0.494 e. The van der Waals surface area contributed by atoms with E-state index in [1.54, 1.807) is 36.7 Å². The maximum atomic E-state index is 12.8. The Balaban J connectivity index is 1.79. The molecule has 6 heteroatoms. The van der Waals surface area contributed by atoms with Crippen molar-refractivity contribution in [3.05, 3.63) is 89.7 Å². The Kier molecular flexibility index (Phi) is 7.76. The van der Waals surface area contributed by atoms with Crippen LogP contribution in [-0.2, 0) is 6.54 Å². The van der Waals surface area contributed by atoms with Gasteiger partial charge in [-0.2, -0.15) is 0 Å². The van der Waals surface area contributed by atoms with Gasteiger partial charge in [-0.1, -0.05) is 26.0 Å². The van der Waals surface area contributed by atoms with Crippen molar-refractivity contribution in [1.82, 2.24) is 10.3 Å². The molecule has 160 valence electrons. The average molecular weight is 417 g/mol. The van der Waals surface area contributed by atoms with Crippen LogP contribution in [0.4, 0.5) is 5.69 Å². The van der Waals surface area contributed by atoms with Crippen LogP contribution in [0, 0.1) is 0 Å². The number of hydrogen-bond acceptors (Lipinski definition) is 4. The first-order valence-corrected chi connectivity index (χ1v) is 10.4. The van der Waals surface area contributed by atoms with Gasteiger partial charge in [-0.25, -0.2) is 4.99 Å². The molecule has 0 saturated heterocycles. The van der Waals surface area contributed by atoms with E-state index < -0.39 is 0 Å². The molecule has 1 amide bonds. The third kappa shape index (κ3) is 6.67. The molecular weight excluding hydrogens is 388 g/mol. The van der Waals surface area contributed by atoms with Crippen molar-refractivity contribution in [3.63, 3.8) is 0 Å². The second-order valence-electron chi connectivity index (χ2n) is 7.34. The van der Waals surface area contributed by atoms with E-state index in [0.29, 0.717) is 30.6 Å². The normalized spacial score (nSPS) is 11.3. The number of amides is 1. The summed E-state index contributed by atoms with van der Waals surface area (Å²) in [6.07, 6.45) is 3.45. The largest absolute Gasteiger partial charge is 0.494 e. The first-order chi connectivity index (χ1) is 15.0. The predicted molar refractivity (Wildman–Crippen MR) is 125 cm³/mol. The molecule has 0 aliphatic heterocycles. The Hall–Kier alpha value is -3.67. The molecule has 2 aromatic carbocycles. The van der Waals surface area contributed by atoms with Crippen molar-refractivity contribution >= 4 is 17.6 Å². The lowest BCUT2D eigenvalue weighted by Crippen LogP contribution is -2.36. The fraction of sp³-hybridized carbons (Fsp3) is 0.240. The number of rotatable bonds is 7. The van der Waals surface area contributed by atoms with Crippen molar-refractivity contribution in [3.8, 4) is 5.75 Å². The Morgan fingerprint density at radius 1 is 1.06 bits per heavy atom. The number of guanidine groups is 1. The van der Waals surface area contributed by atoms with Crippen LogP contribution in [0.25, 0.3) is 0 Å². The van der Waals surface area contributed by atoms with Crippen molar-refractivity contribution in [2.24, 2.45) is 4.99 Å². The number of aromatic nitrogens is 1. The SMILES string of the molecule is CCOc1ccc(C(=O)NC(=NCc2ccncc2)Nc2cccc(C(C)C)c2)cc1. The lowest BCUT2D eigenvalue weighted by molar-refractivity contribution is 0.0977. The predicted octanol–water partition coefficient (Wildman–Crippen LogP) is 5.00. The number of benzene rings is 2. The van der Waals surface area contributed by atoms with Gasteiger partial charge >= 0.3 is 0 Å². The van der Waals surface area contributed by atoms with E-state index in [9.17, 15) is 4.79 Å². The summed E-state index contributed by atoms with van der Waals surface area (Å²) in [5.74, 6) is 1.27. The first-order valence-electron chi connectivity index (χ1n) is 10.4. The van der Waals surface area contributed by atoms with Gasteiger partial charge in [-0.3, -0.25) is 15.1 Å². The van der Waals surface area contributed by atoms with Gasteiger partial charge in [0.25, 0.3) is 5.91 Å². The summed E-state index contributed by atoms with van der Waals surface area (Å²) in [7, 11) is 0. The fourth-order valence-electron chi connectivity index (χ4n) is 2.93. The minimum absolute atomic E-state index is 0.246. The van der Waals surface area contributed by atoms with Crippen LogP contribution in [0.5, 0.6) is 5.75 Å². The number of hydrogen-bond donors (Lipinski definition) is 2. The van der Waals surface area contributed by atoms with Crippen LogP contribution >= 0.6 is 0 Å². The molecule has 3 aromatic rings. The second kappa shape index (κ2) is 10.9. The summed E-state index contributed by atoms with van der Waals surface area (Å²) >= 11 is 0. The molecule has 31 heavy (non-hydrogen) atoms. The van der Waals surface area contributed by atoms with E-state index >= 15 is 0 Å². The van der Waals surface area contributed by atoms with Gasteiger partial charge in [-0.15, -0.1) is 0 Å². The molecule has 1 aromatic heterocycles. The molecule has 0 saturated carbocycles. The Morgan fingerprint density at radius 2 is 1.81 bits per heavy atom. The average Bonchev–Trinajstić information content (AvgIpc) is 2.79. The van der Waals surface area contributed by atoms with Crippen molar-refractivity contribution in [2.45, 2.75) is 33.2 Å². The van der Waals surface area contributed by atoms with Crippen molar-refractivity contribution in [2.75, 3.05) is 11.9 Å². The number of ether oxygens (including phenoxy) is 1. The molecule has 0 unspecified atom stereocenters. The molecule has 3 rings (SSSR count). The quantitative estimate of drug-likeness (QED) is 0.420. The summed E-state index contributed by atoms with van der Waals surface area (Å²) in [6.45, 7) is 7.21. The monoisotopic (exact) mass is 416 g/mol. The van der Waals surface area contributed by atoms with Gasteiger partial charge in [0.2, 0.25) is 5.96 Å². The van der Waals surface area contributed by atoms with E-state index in [1.165, 1.54) is 5.56 Å². The van der Waals surface area contributed by atoms with Gasteiger partial charge in [-0.05, 0) is 72.5 Å². The Morgan fingerprint density at radius 3 is 2.48 bits per heavy atom. The number of anilines is 1. The molecule has 0 aliphatic carbocycles. The Labute approximate surface area is 183 Å². The molecule has 2 N–H and O–H groups in total. The maximum absolute atomic E-state index is 12.8. The van der Waals surface area contributed by atoms with E-state index in [0.717, 1.165) is 17.0 Å². The van der Waals surface area contributed by atoms with Gasteiger partial charge in [0, 0.05) is 23.6 Å². The van der Waals surface area contributed by atoms with Crippen LogP contribution in [-0.4, -0.2) is 23.5 Å². The third-order valence-electron chi connectivity index (χ3n) is 4.64. The van der Waals surface area contributed by atoms with E-state index in [2.05, 4.69) is 46.6 Å². The first kappa shape index (κ1) is 22.0. The van der Waals surface area contributed by atoms with Crippen LogP contribution in [0.15, 0.2) is 78.0 Å². The van der Waals surface area contributed by atoms with Crippen molar-refractivity contribution < 1.29 is 9.53 Å². The molecule has 1 heterocycles. The number of nitrogens with one attached hydrogen (secondary N) is 2. The lowest BCUT2D eigenvalue weighted by Gasteiger charge is -2.14. The lowest BCUT2D eigenvalue weighted by atomic mass is 10.0. The van der Waals surface area contributed by atoms with Crippen LogP contribution < -0.4 is 15.4 Å². The number of carbonyl (C=O) groups excluding carboxylic acids is 1. The number of nitrogens with zero attached hydrogens (tertiary/aromatic N) is 2. The molecule has 0 fully saturated rings. The highest BCUT2D eigenvalue weighted by Crippen LogP contribution is 2.18. The maximum Gasteiger partial charge on any atom is 0.257 e. The number of carbonyl (C=O) groups is 1. The summed E-state index contributed by atoms with van der Waals surface area (Å²) in [5.41, 5.74) is 3.60. The van der Waals surface area contributed by atoms with Gasteiger partial charge in [0.15, 0.2) is 0 Å². The molecule has 0 radical (unpaired) electrons. The molecule has 0 bridgehead atoms. The van der Waals surface area contributed by atoms with Crippen LogP contribution in [0.3, 0.4) is 0 Å². The summed E-state index contributed by atoms with van der Waals surface area (Å²) in [4.78, 5) is 21.4. The fourth-order valence-corrected chi connectivity index (χ4v) is 2.93. The standard InChI is InChI=1S/C25H28N4O2/c1-4-31-23-10-8-20(9-11-23)24(30)29-25(27-17-19-12-14-26-15-13-19)28-22-7-5-6-21(16-22)18(2)3/h5-16,18H,4,17H2,1-3H3,(H2,27,28,29,30). The van der Waals surface area contributed by atoms with E-state index in [4.69, 9.17) is 4.74 Å². The van der Waals surface area contributed by atoms with E-state index in [1.807, 2.05) is 31.2 Å². The summed E-state index contributed by atoms with van der Waals surface area (Å²) in [5, 5.41) is 6.15. The number of pyridine rings is 1. The molecular formula is C25H28N4O2. The second-order valence-corrected chi connectivity index (χ2v) is 7.34. The summed E-state index contributed by atoms with van der Waals surface area (Å²) in [6, 6.07) is 18.9. The topological polar surface area (TPSA) is 75.6 Å². The summed E-state index contributed by atoms with van der Waals surface area (Å²) < 4.78 is 5.45. The molecule has 0 spiro atoms. The minimum atomic E-state index is -0.246. The third-order valence-corrected chi connectivity index (χ3v) is 4.64. The Bertz CT molecular complexity index is 1020. The highest BCUT2D eigenvalue weighted by atomic mass is 16.5. The number of aliphatic imine (C=N–C) groups is 1. The van der Waals surface area contributed by atoms with Gasteiger partial charge in [0.05, 0.1) is 13.2 Å². The van der Waals surface area contributed by atoms with Crippen LogP contribution in [0.1, 0.15) is 48.2 Å². The van der Waals surface area contributed by atoms with Crippen molar-refractivity contribution in [1.29, 1.82) is 0 Å².